The zero-order valence-corrected chi connectivity index (χ0v) is 15.3. The number of carbonyl (C=O) groups excluding carboxylic acids is 1. The van der Waals surface area contributed by atoms with Gasteiger partial charge in [-0.15, -0.1) is 0 Å². The Bertz CT molecular complexity index is 1150. The van der Waals surface area contributed by atoms with Gasteiger partial charge >= 0.3 is 0 Å². The van der Waals surface area contributed by atoms with Crippen LogP contribution in [-0.4, -0.2) is 10.5 Å². The summed E-state index contributed by atoms with van der Waals surface area (Å²) in [7, 11) is 0. The smallest absolute Gasteiger partial charge is 0.249 e. The van der Waals surface area contributed by atoms with Crippen LogP contribution in [0.25, 0.3) is 21.8 Å². The maximum absolute atomic E-state index is 12.0. The predicted molar refractivity (Wildman–Crippen MR) is 108 cm³/mol. The minimum absolute atomic E-state index is 0.387. The van der Waals surface area contributed by atoms with Crippen molar-refractivity contribution in [3.8, 4) is 0 Å². The summed E-state index contributed by atoms with van der Waals surface area (Å²) >= 11 is 0. The maximum atomic E-state index is 12.0. The van der Waals surface area contributed by atoms with E-state index in [-0.39, 0.29) is 5.91 Å². The largest absolute Gasteiger partial charge is 0.366 e. The third-order valence-corrected chi connectivity index (χ3v) is 4.93. The Morgan fingerprint density at radius 2 is 1.62 bits per heavy atom. The summed E-state index contributed by atoms with van der Waals surface area (Å²) in [4.78, 5) is 12.0. The summed E-state index contributed by atoms with van der Waals surface area (Å²) in [6.07, 6.45) is 0. The molecule has 0 saturated heterocycles. The molecule has 0 bridgehead atoms. The first-order valence-electron chi connectivity index (χ1n) is 8.82. The number of rotatable bonds is 3. The molecule has 0 unspecified atom stereocenters. The molecule has 0 fully saturated rings. The Balaban J connectivity index is 2.04. The van der Waals surface area contributed by atoms with Gasteiger partial charge in [0, 0.05) is 28.4 Å². The summed E-state index contributed by atoms with van der Waals surface area (Å²) in [6, 6.07) is 18.8. The fraction of sp³-hybridized carbons (Fsp3) is 0.174. The zero-order valence-electron chi connectivity index (χ0n) is 15.3. The van der Waals surface area contributed by atoms with E-state index in [2.05, 4.69) is 67.8 Å². The van der Waals surface area contributed by atoms with Crippen LogP contribution in [0.2, 0.25) is 0 Å². The molecule has 1 aromatic heterocycles. The van der Waals surface area contributed by atoms with E-state index in [1.165, 1.54) is 22.3 Å². The maximum Gasteiger partial charge on any atom is 0.249 e. The van der Waals surface area contributed by atoms with Gasteiger partial charge in [-0.3, -0.25) is 4.79 Å². The number of nitrogens with two attached hydrogens (primary N) is 1. The molecular formula is C23H22N2O. The first-order chi connectivity index (χ1) is 12.4. The van der Waals surface area contributed by atoms with Crippen LogP contribution in [0.4, 0.5) is 0 Å². The standard InChI is InChI=1S/C23H22N2O/c1-14-7-8-18-21(12-14)25(13-17-10-15(2)9-16(3)11-17)20-6-4-5-19(22(18)20)23(24)26/h4-12H,13H2,1-3H3,(H2,24,26). The van der Waals surface area contributed by atoms with E-state index in [0.717, 1.165) is 28.4 Å². The lowest BCUT2D eigenvalue weighted by Crippen LogP contribution is -2.11. The number of aryl methyl sites for hydroxylation is 3. The number of hydrogen-bond acceptors (Lipinski definition) is 1. The second kappa shape index (κ2) is 6.03. The van der Waals surface area contributed by atoms with Crippen molar-refractivity contribution in [3.05, 3.63) is 82.4 Å². The molecule has 3 aromatic carbocycles. The van der Waals surface area contributed by atoms with Gasteiger partial charge in [0.25, 0.3) is 0 Å². The number of aromatic nitrogens is 1. The van der Waals surface area contributed by atoms with Gasteiger partial charge in [-0.1, -0.05) is 47.5 Å². The first-order valence-corrected chi connectivity index (χ1v) is 8.82. The van der Waals surface area contributed by atoms with Crippen LogP contribution in [0, 0.1) is 20.8 Å². The van der Waals surface area contributed by atoms with Gasteiger partial charge < -0.3 is 10.3 Å². The van der Waals surface area contributed by atoms with Crippen LogP contribution in [0.15, 0.2) is 54.6 Å². The Hall–Kier alpha value is -3.07. The van der Waals surface area contributed by atoms with Crippen molar-refractivity contribution in [1.82, 2.24) is 4.57 Å². The minimum atomic E-state index is -0.387. The Morgan fingerprint density at radius 3 is 2.31 bits per heavy atom. The quantitative estimate of drug-likeness (QED) is 0.567. The zero-order chi connectivity index (χ0) is 18.4. The number of amides is 1. The van der Waals surface area contributed by atoms with Crippen molar-refractivity contribution >= 4 is 27.7 Å². The molecule has 3 heteroatoms. The highest BCUT2D eigenvalue weighted by Gasteiger charge is 2.16. The van der Waals surface area contributed by atoms with Gasteiger partial charge in [-0.05, 0) is 50.1 Å². The monoisotopic (exact) mass is 342 g/mol. The number of benzene rings is 3. The highest BCUT2D eigenvalue weighted by atomic mass is 16.1. The van der Waals surface area contributed by atoms with Crippen molar-refractivity contribution in [2.45, 2.75) is 27.3 Å². The molecule has 0 spiro atoms. The third-order valence-electron chi connectivity index (χ3n) is 4.93. The van der Waals surface area contributed by atoms with Crippen LogP contribution >= 0.6 is 0 Å². The molecule has 4 aromatic rings. The van der Waals surface area contributed by atoms with Gasteiger partial charge in [0.05, 0.1) is 5.52 Å². The lowest BCUT2D eigenvalue weighted by molar-refractivity contribution is 0.100. The molecule has 0 aliphatic carbocycles. The average molecular weight is 342 g/mol. The van der Waals surface area contributed by atoms with Gasteiger partial charge in [0.2, 0.25) is 5.91 Å². The second-order valence-corrected chi connectivity index (χ2v) is 7.17. The molecule has 0 saturated carbocycles. The van der Waals surface area contributed by atoms with E-state index in [4.69, 9.17) is 5.73 Å². The summed E-state index contributed by atoms with van der Waals surface area (Å²) < 4.78 is 2.29. The van der Waals surface area contributed by atoms with E-state index in [9.17, 15) is 4.79 Å². The summed E-state index contributed by atoms with van der Waals surface area (Å²) in [5.41, 5.74) is 13.4. The fourth-order valence-corrected chi connectivity index (χ4v) is 3.97. The molecule has 0 atom stereocenters. The van der Waals surface area contributed by atoms with E-state index in [1.54, 1.807) is 0 Å². The van der Waals surface area contributed by atoms with Crippen LogP contribution < -0.4 is 5.73 Å². The molecular weight excluding hydrogens is 320 g/mol. The first kappa shape index (κ1) is 16.4. The topological polar surface area (TPSA) is 48.0 Å². The van der Waals surface area contributed by atoms with E-state index >= 15 is 0 Å². The van der Waals surface area contributed by atoms with Gasteiger partial charge in [0.1, 0.15) is 0 Å². The summed E-state index contributed by atoms with van der Waals surface area (Å²) in [5.74, 6) is -0.387. The number of nitrogens with zero attached hydrogens (tertiary/aromatic N) is 1. The van der Waals surface area contributed by atoms with Crippen molar-refractivity contribution in [1.29, 1.82) is 0 Å². The molecule has 2 N–H and O–H groups in total. The van der Waals surface area contributed by atoms with Gasteiger partial charge in [-0.25, -0.2) is 0 Å². The van der Waals surface area contributed by atoms with Gasteiger partial charge in [-0.2, -0.15) is 0 Å². The van der Waals surface area contributed by atoms with Crippen molar-refractivity contribution in [3.63, 3.8) is 0 Å². The number of fused-ring (bicyclic) bond motifs is 3. The molecule has 0 aliphatic heterocycles. The fourth-order valence-electron chi connectivity index (χ4n) is 3.97. The molecule has 26 heavy (non-hydrogen) atoms. The van der Waals surface area contributed by atoms with Gasteiger partial charge in [0.15, 0.2) is 0 Å². The lowest BCUT2D eigenvalue weighted by Gasteiger charge is -2.10. The second-order valence-electron chi connectivity index (χ2n) is 7.17. The van der Waals surface area contributed by atoms with Crippen molar-refractivity contribution in [2.75, 3.05) is 0 Å². The third kappa shape index (κ3) is 2.66. The number of carbonyl (C=O) groups is 1. The minimum Gasteiger partial charge on any atom is -0.366 e. The normalized spacial score (nSPS) is 11.3. The predicted octanol–water partition coefficient (Wildman–Crippen LogP) is 4.87. The highest BCUT2D eigenvalue weighted by Crippen LogP contribution is 2.33. The SMILES string of the molecule is Cc1cc(C)cc(Cn2c3cc(C)ccc3c3c(C(N)=O)cccc32)c1. The molecule has 0 radical (unpaired) electrons. The molecule has 4 rings (SSSR count). The van der Waals surface area contributed by atoms with Crippen LogP contribution in [0.1, 0.15) is 32.6 Å². The van der Waals surface area contributed by atoms with E-state index in [1.807, 2.05) is 12.1 Å². The van der Waals surface area contributed by atoms with E-state index in [0.29, 0.717) is 5.56 Å². The number of hydrogen-bond donors (Lipinski definition) is 1. The molecule has 1 amide bonds. The summed E-state index contributed by atoms with van der Waals surface area (Å²) in [5, 5.41) is 2.02. The van der Waals surface area contributed by atoms with E-state index < -0.39 is 0 Å². The van der Waals surface area contributed by atoms with Crippen molar-refractivity contribution in [2.24, 2.45) is 5.73 Å². The number of primary amides is 1. The average Bonchev–Trinajstić information content (AvgIpc) is 2.87. The van der Waals surface area contributed by atoms with Crippen LogP contribution in [0.5, 0.6) is 0 Å². The summed E-state index contributed by atoms with van der Waals surface area (Å²) in [6.45, 7) is 7.09. The molecule has 0 aliphatic rings. The molecule has 130 valence electrons. The Morgan fingerprint density at radius 1 is 0.885 bits per heavy atom. The Kier molecular flexibility index (Phi) is 3.80. The molecule has 1 heterocycles. The van der Waals surface area contributed by atoms with Crippen molar-refractivity contribution < 1.29 is 4.79 Å². The Labute approximate surface area is 153 Å². The van der Waals surface area contributed by atoms with Crippen LogP contribution in [-0.2, 0) is 6.54 Å². The highest BCUT2D eigenvalue weighted by molar-refractivity contribution is 6.17. The molecule has 3 nitrogen and oxygen atoms in total. The lowest BCUT2D eigenvalue weighted by atomic mass is 10.1. The van der Waals surface area contributed by atoms with Crippen LogP contribution in [0.3, 0.4) is 0 Å².